The number of nitrogens with one attached hydrogen (secondary N) is 1. The molecular weight excluding hydrogens is 387 g/mol. The van der Waals surface area contributed by atoms with Crippen LogP contribution in [0.25, 0.3) is 5.69 Å². The van der Waals surface area contributed by atoms with Gasteiger partial charge in [-0.05, 0) is 31.2 Å². The third kappa shape index (κ3) is 3.75. The van der Waals surface area contributed by atoms with Crippen LogP contribution < -0.4 is 14.8 Å². The molecule has 1 N–H and O–H groups in total. The number of amides is 1. The summed E-state index contributed by atoms with van der Waals surface area (Å²) in [5.41, 5.74) is -0.327. The van der Waals surface area contributed by atoms with Gasteiger partial charge >= 0.3 is 6.18 Å². The van der Waals surface area contributed by atoms with Gasteiger partial charge in [-0.2, -0.15) is 18.3 Å². The average molecular weight is 403 g/mol. The number of rotatable bonds is 3. The molecule has 1 aromatic heterocycles. The van der Waals surface area contributed by atoms with Crippen LogP contribution in [-0.2, 0) is 6.18 Å². The SMILES string of the molecule is Cc1ccc(-n2ncc(C(=O)Nc3ccc4c(c3)OCCO4)c2C(F)(F)F)cc1. The van der Waals surface area contributed by atoms with Crippen molar-refractivity contribution in [3.63, 3.8) is 0 Å². The van der Waals surface area contributed by atoms with Gasteiger partial charge in [0.2, 0.25) is 0 Å². The Balaban J connectivity index is 1.67. The third-order valence-corrected chi connectivity index (χ3v) is 4.36. The van der Waals surface area contributed by atoms with Gasteiger partial charge in [-0.15, -0.1) is 0 Å². The van der Waals surface area contributed by atoms with Crippen LogP contribution in [0.4, 0.5) is 18.9 Å². The number of aromatic nitrogens is 2. The van der Waals surface area contributed by atoms with Gasteiger partial charge in [0.05, 0.1) is 17.4 Å². The maximum atomic E-state index is 13.8. The van der Waals surface area contributed by atoms with Crippen molar-refractivity contribution < 1.29 is 27.4 Å². The molecule has 1 amide bonds. The highest BCUT2D eigenvalue weighted by Crippen LogP contribution is 2.35. The van der Waals surface area contributed by atoms with Crippen LogP contribution >= 0.6 is 0 Å². The molecule has 2 aromatic carbocycles. The van der Waals surface area contributed by atoms with Crippen molar-refractivity contribution in [2.24, 2.45) is 0 Å². The fourth-order valence-corrected chi connectivity index (χ4v) is 2.99. The Labute approximate surface area is 163 Å². The molecule has 3 aromatic rings. The van der Waals surface area contributed by atoms with Crippen LogP contribution in [0, 0.1) is 6.92 Å². The molecule has 150 valence electrons. The number of anilines is 1. The molecule has 0 saturated heterocycles. The van der Waals surface area contributed by atoms with Gasteiger partial charge in [0.25, 0.3) is 5.91 Å². The first-order valence-corrected chi connectivity index (χ1v) is 8.76. The Morgan fingerprint density at radius 1 is 1.07 bits per heavy atom. The van der Waals surface area contributed by atoms with E-state index >= 15 is 0 Å². The molecule has 0 radical (unpaired) electrons. The zero-order chi connectivity index (χ0) is 20.6. The fourth-order valence-electron chi connectivity index (χ4n) is 2.99. The minimum atomic E-state index is -4.78. The molecule has 0 saturated carbocycles. The first-order valence-electron chi connectivity index (χ1n) is 8.76. The lowest BCUT2D eigenvalue weighted by Crippen LogP contribution is -2.21. The predicted octanol–water partition coefficient (Wildman–Crippen LogP) is 4.22. The van der Waals surface area contributed by atoms with E-state index in [0.29, 0.717) is 24.7 Å². The molecule has 0 bridgehead atoms. The van der Waals surface area contributed by atoms with E-state index in [2.05, 4.69) is 10.4 Å². The molecule has 1 aliphatic heterocycles. The summed E-state index contributed by atoms with van der Waals surface area (Å²) in [7, 11) is 0. The number of alkyl halides is 3. The normalized spacial score (nSPS) is 13.2. The monoisotopic (exact) mass is 403 g/mol. The largest absolute Gasteiger partial charge is 0.486 e. The highest BCUT2D eigenvalue weighted by Gasteiger charge is 2.40. The zero-order valence-electron chi connectivity index (χ0n) is 15.3. The van der Waals surface area contributed by atoms with Gasteiger partial charge in [-0.1, -0.05) is 17.7 Å². The summed E-state index contributed by atoms with van der Waals surface area (Å²) >= 11 is 0. The Kier molecular flexibility index (Phi) is 4.65. The number of ether oxygens (including phenoxy) is 2. The van der Waals surface area contributed by atoms with Crippen LogP contribution in [-0.4, -0.2) is 28.9 Å². The minimum Gasteiger partial charge on any atom is -0.486 e. The number of carbonyl (C=O) groups is 1. The van der Waals surface area contributed by atoms with Crippen molar-refractivity contribution in [1.82, 2.24) is 9.78 Å². The second-order valence-electron chi connectivity index (χ2n) is 6.46. The number of hydrogen-bond donors (Lipinski definition) is 1. The Bertz CT molecular complexity index is 1060. The fraction of sp³-hybridized carbons (Fsp3) is 0.200. The number of benzene rings is 2. The molecule has 6 nitrogen and oxygen atoms in total. The lowest BCUT2D eigenvalue weighted by molar-refractivity contribution is -0.143. The number of hydrogen-bond acceptors (Lipinski definition) is 4. The van der Waals surface area contributed by atoms with Crippen LogP contribution in [0.5, 0.6) is 11.5 Å². The zero-order valence-corrected chi connectivity index (χ0v) is 15.3. The first-order chi connectivity index (χ1) is 13.8. The van der Waals surface area contributed by atoms with Crippen molar-refractivity contribution in [1.29, 1.82) is 0 Å². The van der Waals surface area contributed by atoms with Gasteiger partial charge < -0.3 is 14.8 Å². The molecule has 2 heterocycles. The van der Waals surface area contributed by atoms with Crippen molar-refractivity contribution in [3.05, 3.63) is 65.5 Å². The van der Waals surface area contributed by atoms with E-state index in [1.54, 1.807) is 18.2 Å². The maximum absolute atomic E-state index is 13.8. The molecule has 4 rings (SSSR count). The van der Waals surface area contributed by atoms with E-state index in [1.165, 1.54) is 24.3 Å². The van der Waals surface area contributed by atoms with Crippen LogP contribution in [0.2, 0.25) is 0 Å². The van der Waals surface area contributed by atoms with E-state index in [1.807, 2.05) is 6.92 Å². The van der Waals surface area contributed by atoms with E-state index in [0.717, 1.165) is 16.4 Å². The predicted molar refractivity (Wildman–Crippen MR) is 98.7 cm³/mol. The summed E-state index contributed by atoms with van der Waals surface area (Å²) in [5.74, 6) is 0.00484. The molecule has 0 fully saturated rings. The molecule has 9 heteroatoms. The number of halogens is 3. The molecule has 1 aliphatic rings. The van der Waals surface area contributed by atoms with E-state index in [-0.39, 0.29) is 11.4 Å². The van der Waals surface area contributed by atoms with Gasteiger partial charge in [0.1, 0.15) is 13.2 Å². The second-order valence-corrected chi connectivity index (χ2v) is 6.46. The summed E-state index contributed by atoms with van der Waals surface area (Å²) in [6, 6.07) is 11.0. The van der Waals surface area contributed by atoms with Crippen LogP contribution in [0.15, 0.2) is 48.7 Å². The molecule has 0 spiro atoms. The van der Waals surface area contributed by atoms with Gasteiger partial charge in [0.15, 0.2) is 17.2 Å². The molecule has 0 unspecified atom stereocenters. The van der Waals surface area contributed by atoms with E-state index < -0.39 is 23.3 Å². The van der Waals surface area contributed by atoms with Gasteiger partial charge in [-0.25, -0.2) is 4.68 Å². The minimum absolute atomic E-state index is 0.210. The van der Waals surface area contributed by atoms with Crippen molar-refractivity contribution in [2.45, 2.75) is 13.1 Å². The third-order valence-electron chi connectivity index (χ3n) is 4.36. The highest BCUT2D eigenvalue weighted by atomic mass is 19.4. The van der Waals surface area contributed by atoms with Gasteiger partial charge in [0, 0.05) is 11.8 Å². The Morgan fingerprint density at radius 2 is 1.76 bits per heavy atom. The quantitative estimate of drug-likeness (QED) is 0.711. The Hall–Kier alpha value is -3.49. The summed E-state index contributed by atoms with van der Waals surface area (Å²) in [5, 5.41) is 6.27. The smallest absolute Gasteiger partial charge is 0.434 e. The first kappa shape index (κ1) is 18.9. The lowest BCUT2D eigenvalue weighted by Gasteiger charge is -2.19. The van der Waals surface area contributed by atoms with Crippen molar-refractivity contribution >= 4 is 11.6 Å². The molecule has 29 heavy (non-hydrogen) atoms. The number of aryl methyl sites for hydroxylation is 1. The number of carbonyl (C=O) groups excluding carboxylic acids is 1. The topological polar surface area (TPSA) is 65.4 Å². The standard InChI is InChI=1S/C20H16F3N3O3/c1-12-2-5-14(6-3-12)26-18(20(21,22)23)15(11-24-26)19(27)25-13-4-7-16-17(10-13)29-9-8-28-16/h2-7,10-11H,8-9H2,1H3,(H,25,27). The lowest BCUT2D eigenvalue weighted by atomic mass is 10.2. The van der Waals surface area contributed by atoms with Crippen molar-refractivity contribution in [3.8, 4) is 17.2 Å². The number of nitrogens with zero attached hydrogens (tertiary/aromatic N) is 2. The highest BCUT2D eigenvalue weighted by molar-refractivity contribution is 6.05. The summed E-state index contributed by atoms with van der Waals surface area (Å²) < 4.78 is 52.8. The van der Waals surface area contributed by atoms with Crippen LogP contribution in [0.1, 0.15) is 21.6 Å². The molecule has 0 aliphatic carbocycles. The van der Waals surface area contributed by atoms with E-state index in [4.69, 9.17) is 9.47 Å². The summed E-state index contributed by atoms with van der Waals surface area (Å²) in [4.78, 5) is 12.6. The van der Waals surface area contributed by atoms with E-state index in [9.17, 15) is 18.0 Å². The number of fused-ring (bicyclic) bond motifs is 1. The second kappa shape index (κ2) is 7.16. The molecule has 0 atom stereocenters. The van der Waals surface area contributed by atoms with Crippen molar-refractivity contribution in [2.75, 3.05) is 18.5 Å². The van der Waals surface area contributed by atoms with Crippen LogP contribution in [0.3, 0.4) is 0 Å². The molecular formula is C20H16F3N3O3. The average Bonchev–Trinajstić information content (AvgIpc) is 3.14. The maximum Gasteiger partial charge on any atom is 0.434 e. The summed E-state index contributed by atoms with van der Waals surface area (Å²) in [6.45, 7) is 2.58. The summed E-state index contributed by atoms with van der Waals surface area (Å²) in [6.07, 6.45) is -3.86. The Morgan fingerprint density at radius 3 is 2.45 bits per heavy atom. The van der Waals surface area contributed by atoms with Gasteiger partial charge in [-0.3, -0.25) is 4.79 Å².